The Hall–Kier alpha value is -3.43. The highest BCUT2D eigenvalue weighted by Crippen LogP contribution is 2.30. The smallest absolute Gasteiger partial charge is 0.343 e. The SMILES string of the molecule is COC(=O)COc1ccc(C=C2C(=O)N(c3ccc(Cl)cc3)C(=S)N2CC(=O)OC)cc1. The zero-order valence-corrected chi connectivity index (χ0v) is 18.8. The number of ether oxygens (including phenoxy) is 3. The van der Waals surface area contributed by atoms with Crippen molar-refractivity contribution in [2.24, 2.45) is 0 Å². The molecule has 1 heterocycles. The predicted octanol–water partition coefficient (Wildman–Crippen LogP) is 3.04. The number of thiocarbonyl (C=S) groups is 1. The quantitative estimate of drug-likeness (QED) is 0.344. The van der Waals surface area contributed by atoms with Crippen molar-refractivity contribution < 1.29 is 28.6 Å². The second-order valence-electron chi connectivity index (χ2n) is 6.53. The molecule has 0 radical (unpaired) electrons. The average Bonchev–Trinajstić information content (AvgIpc) is 3.02. The Kier molecular flexibility index (Phi) is 7.45. The van der Waals surface area contributed by atoms with E-state index in [1.165, 1.54) is 24.0 Å². The summed E-state index contributed by atoms with van der Waals surface area (Å²) in [6, 6.07) is 13.3. The number of hydrogen-bond donors (Lipinski definition) is 0. The number of anilines is 1. The number of carbonyl (C=O) groups is 3. The van der Waals surface area contributed by atoms with Gasteiger partial charge in [-0.05, 0) is 60.3 Å². The highest BCUT2D eigenvalue weighted by Gasteiger charge is 2.40. The standard InChI is InChI=1S/C22H19ClN2O6S/c1-29-19(26)12-24-18(11-14-3-9-17(10-4-14)31-13-20(27)30-2)21(28)25(22(24)32)16-7-5-15(23)6-8-16/h3-11H,12-13H2,1-2H3. The zero-order valence-electron chi connectivity index (χ0n) is 17.2. The van der Waals surface area contributed by atoms with Crippen LogP contribution in [-0.4, -0.2) is 55.2 Å². The molecule has 0 N–H and O–H groups in total. The molecule has 0 saturated carbocycles. The molecule has 1 fully saturated rings. The van der Waals surface area contributed by atoms with Crippen LogP contribution in [0.25, 0.3) is 6.08 Å². The van der Waals surface area contributed by atoms with Crippen molar-refractivity contribution in [3.8, 4) is 5.75 Å². The number of esters is 2. The first kappa shape index (κ1) is 23.2. The van der Waals surface area contributed by atoms with Crippen LogP contribution in [-0.2, 0) is 23.9 Å². The highest BCUT2D eigenvalue weighted by atomic mass is 35.5. The van der Waals surface area contributed by atoms with Crippen molar-refractivity contribution in [2.45, 2.75) is 0 Å². The van der Waals surface area contributed by atoms with Crippen LogP contribution in [0, 0.1) is 0 Å². The Morgan fingerprint density at radius 2 is 1.62 bits per heavy atom. The molecule has 0 atom stereocenters. The van der Waals surface area contributed by atoms with Gasteiger partial charge >= 0.3 is 11.9 Å². The summed E-state index contributed by atoms with van der Waals surface area (Å²) in [7, 11) is 2.54. The van der Waals surface area contributed by atoms with Gasteiger partial charge < -0.3 is 19.1 Å². The topological polar surface area (TPSA) is 85.4 Å². The van der Waals surface area contributed by atoms with E-state index >= 15 is 0 Å². The molecular weight excluding hydrogens is 456 g/mol. The van der Waals surface area contributed by atoms with Gasteiger partial charge in [0.05, 0.1) is 19.9 Å². The van der Waals surface area contributed by atoms with E-state index in [0.717, 1.165) is 0 Å². The fourth-order valence-corrected chi connectivity index (χ4v) is 3.34. The van der Waals surface area contributed by atoms with E-state index < -0.39 is 17.8 Å². The molecule has 1 aliphatic heterocycles. The molecule has 0 spiro atoms. The average molecular weight is 475 g/mol. The van der Waals surface area contributed by atoms with Gasteiger partial charge in [0.25, 0.3) is 5.91 Å². The van der Waals surface area contributed by atoms with Gasteiger partial charge in [0.15, 0.2) is 11.7 Å². The first-order valence-corrected chi connectivity index (χ1v) is 10.1. The summed E-state index contributed by atoms with van der Waals surface area (Å²) >= 11 is 11.4. The van der Waals surface area contributed by atoms with Gasteiger partial charge in [-0.15, -0.1) is 0 Å². The number of hydrogen-bond acceptors (Lipinski definition) is 7. The van der Waals surface area contributed by atoms with Gasteiger partial charge in [0.2, 0.25) is 0 Å². The first-order chi connectivity index (χ1) is 15.3. The molecule has 1 saturated heterocycles. The van der Waals surface area contributed by atoms with Crippen LogP contribution in [0.3, 0.4) is 0 Å². The summed E-state index contributed by atoms with van der Waals surface area (Å²) < 4.78 is 14.6. The van der Waals surface area contributed by atoms with E-state index in [2.05, 4.69) is 4.74 Å². The summed E-state index contributed by atoms with van der Waals surface area (Å²) in [6.07, 6.45) is 1.61. The van der Waals surface area contributed by atoms with Crippen LogP contribution in [0.4, 0.5) is 5.69 Å². The van der Waals surface area contributed by atoms with E-state index in [-0.39, 0.29) is 24.0 Å². The van der Waals surface area contributed by atoms with Crippen molar-refractivity contribution >= 4 is 58.5 Å². The second kappa shape index (κ2) is 10.3. The fraction of sp³-hybridized carbons (Fsp3) is 0.182. The van der Waals surface area contributed by atoms with Gasteiger partial charge in [-0.1, -0.05) is 23.7 Å². The number of methoxy groups -OCH3 is 2. The lowest BCUT2D eigenvalue weighted by molar-refractivity contribution is -0.143. The van der Waals surface area contributed by atoms with Gasteiger partial charge in [0, 0.05) is 5.02 Å². The third-order valence-electron chi connectivity index (χ3n) is 4.50. The maximum Gasteiger partial charge on any atom is 0.343 e. The van der Waals surface area contributed by atoms with Crippen LogP contribution in [0.1, 0.15) is 5.56 Å². The second-order valence-corrected chi connectivity index (χ2v) is 7.33. The Labute approximate surface area is 194 Å². The zero-order chi connectivity index (χ0) is 23.3. The van der Waals surface area contributed by atoms with E-state index in [0.29, 0.717) is 22.0 Å². The van der Waals surface area contributed by atoms with Gasteiger partial charge in [-0.3, -0.25) is 14.5 Å². The molecule has 2 aromatic carbocycles. The number of halogens is 1. The Morgan fingerprint density at radius 3 is 2.22 bits per heavy atom. The summed E-state index contributed by atoms with van der Waals surface area (Å²) in [5.41, 5.74) is 1.39. The maximum atomic E-state index is 13.2. The molecule has 0 aliphatic carbocycles. The van der Waals surface area contributed by atoms with Crippen LogP contribution in [0.2, 0.25) is 5.02 Å². The molecule has 2 aromatic rings. The minimum atomic E-state index is -0.546. The molecular formula is C22H19ClN2O6S. The maximum absolute atomic E-state index is 13.2. The number of rotatable bonds is 7. The van der Waals surface area contributed by atoms with Crippen molar-refractivity contribution in [3.05, 3.63) is 64.8 Å². The normalized spacial score (nSPS) is 14.7. The lowest BCUT2D eigenvalue weighted by Gasteiger charge is -2.19. The molecule has 0 aromatic heterocycles. The minimum Gasteiger partial charge on any atom is -0.482 e. The largest absolute Gasteiger partial charge is 0.482 e. The van der Waals surface area contributed by atoms with Gasteiger partial charge in [0.1, 0.15) is 18.0 Å². The molecule has 0 unspecified atom stereocenters. The fourth-order valence-electron chi connectivity index (χ4n) is 2.86. The Balaban J connectivity index is 1.90. The molecule has 0 bridgehead atoms. The molecule has 1 amide bonds. The summed E-state index contributed by atoms with van der Waals surface area (Å²) in [4.78, 5) is 39.1. The number of benzene rings is 2. The van der Waals surface area contributed by atoms with Crippen LogP contribution < -0.4 is 9.64 Å². The van der Waals surface area contributed by atoms with Crippen molar-refractivity contribution in [3.63, 3.8) is 0 Å². The summed E-state index contributed by atoms with van der Waals surface area (Å²) in [5.74, 6) is -0.982. The van der Waals surface area contributed by atoms with Gasteiger partial charge in [-0.2, -0.15) is 0 Å². The van der Waals surface area contributed by atoms with Crippen molar-refractivity contribution in [1.82, 2.24) is 4.90 Å². The van der Waals surface area contributed by atoms with Crippen LogP contribution in [0.15, 0.2) is 54.2 Å². The van der Waals surface area contributed by atoms with E-state index in [9.17, 15) is 14.4 Å². The lowest BCUT2D eigenvalue weighted by atomic mass is 10.1. The molecule has 166 valence electrons. The van der Waals surface area contributed by atoms with E-state index in [1.807, 2.05) is 0 Å². The number of carbonyl (C=O) groups excluding carboxylic acids is 3. The highest BCUT2D eigenvalue weighted by molar-refractivity contribution is 7.80. The Bertz CT molecular complexity index is 1070. The monoisotopic (exact) mass is 474 g/mol. The molecule has 8 nitrogen and oxygen atoms in total. The van der Waals surface area contributed by atoms with Gasteiger partial charge in [-0.25, -0.2) is 4.79 Å². The first-order valence-electron chi connectivity index (χ1n) is 9.33. The Morgan fingerprint density at radius 1 is 1.00 bits per heavy atom. The predicted molar refractivity (Wildman–Crippen MR) is 122 cm³/mol. The van der Waals surface area contributed by atoms with Crippen LogP contribution >= 0.6 is 23.8 Å². The summed E-state index contributed by atoms with van der Waals surface area (Å²) in [6.45, 7) is -0.441. The molecule has 3 rings (SSSR count). The van der Waals surface area contributed by atoms with E-state index in [1.54, 1.807) is 54.6 Å². The van der Waals surface area contributed by atoms with Crippen molar-refractivity contribution in [1.29, 1.82) is 0 Å². The summed E-state index contributed by atoms with van der Waals surface area (Å²) in [5, 5.41) is 0.662. The lowest BCUT2D eigenvalue weighted by Crippen LogP contribution is -2.35. The minimum absolute atomic E-state index is 0.145. The third kappa shape index (κ3) is 5.24. The molecule has 1 aliphatic rings. The van der Waals surface area contributed by atoms with E-state index in [4.69, 9.17) is 33.3 Å². The van der Waals surface area contributed by atoms with Crippen LogP contribution in [0.5, 0.6) is 5.75 Å². The number of amides is 1. The molecule has 10 heteroatoms. The molecule has 32 heavy (non-hydrogen) atoms. The van der Waals surface area contributed by atoms with Crippen molar-refractivity contribution in [2.75, 3.05) is 32.3 Å². The number of nitrogens with zero attached hydrogens (tertiary/aromatic N) is 2. The third-order valence-corrected chi connectivity index (χ3v) is 5.16.